The van der Waals surface area contributed by atoms with Gasteiger partial charge in [-0.1, -0.05) is 29.8 Å². The molecule has 0 bridgehead atoms. The molecule has 0 heterocycles. The van der Waals surface area contributed by atoms with Gasteiger partial charge in [-0.05, 0) is 12.5 Å². The first kappa shape index (κ1) is 14.5. The van der Waals surface area contributed by atoms with Gasteiger partial charge in [0.2, 0.25) is 0 Å². The lowest BCUT2D eigenvalue weighted by atomic mass is 10.1. The Balaban J connectivity index is 2.72. The van der Waals surface area contributed by atoms with Gasteiger partial charge in [0.15, 0.2) is 5.96 Å². The van der Waals surface area contributed by atoms with Crippen LogP contribution in [0.5, 0.6) is 0 Å². The van der Waals surface area contributed by atoms with Crippen LogP contribution in [0.1, 0.15) is 17.2 Å². The molecule has 0 saturated carbocycles. The monoisotopic (exact) mass is 249 g/mol. The van der Waals surface area contributed by atoms with Gasteiger partial charge in [0.05, 0.1) is 12.6 Å². The highest BCUT2D eigenvalue weighted by atomic mass is 16.3. The highest BCUT2D eigenvalue weighted by molar-refractivity contribution is 5.79. The molecule has 1 aromatic carbocycles. The molecule has 4 nitrogen and oxygen atoms in total. The van der Waals surface area contributed by atoms with Crippen molar-refractivity contribution in [2.45, 2.75) is 13.0 Å². The van der Waals surface area contributed by atoms with Crippen molar-refractivity contribution in [1.29, 1.82) is 0 Å². The maximum absolute atomic E-state index is 10.1. The lowest BCUT2D eigenvalue weighted by molar-refractivity contribution is 0.186. The van der Waals surface area contributed by atoms with E-state index in [-0.39, 0.29) is 0 Å². The number of benzene rings is 1. The zero-order chi connectivity index (χ0) is 13.7. The van der Waals surface area contributed by atoms with Crippen molar-refractivity contribution in [2.24, 2.45) is 4.99 Å². The van der Waals surface area contributed by atoms with E-state index in [4.69, 9.17) is 0 Å². The molecule has 1 aromatic rings. The zero-order valence-corrected chi connectivity index (χ0v) is 11.9. The smallest absolute Gasteiger partial charge is 0.195 e. The maximum Gasteiger partial charge on any atom is 0.195 e. The SMILES string of the molecule is Cc1ccc(C(O)CN=C(N(C)C)N(C)C)cc1. The van der Waals surface area contributed by atoms with Crippen molar-refractivity contribution in [3.05, 3.63) is 35.4 Å². The van der Waals surface area contributed by atoms with Crippen molar-refractivity contribution in [2.75, 3.05) is 34.7 Å². The van der Waals surface area contributed by atoms with E-state index in [0.29, 0.717) is 6.54 Å². The Morgan fingerprint density at radius 1 is 1.11 bits per heavy atom. The first-order valence-corrected chi connectivity index (χ1v) is 6.05. The van der Waals surface area contributed by atoms with Gasteiger partial charge < -0.3 is 14.9 Å². The molecule has 0 aliphatic carbocycles. The van der Waals surface area contributed by atoms with Crippen LogP contribution >= 0.6 is 0 Å². The number of nitrogens with zero attached hydrogens (tertiary/aromatic N) is 3. The summed E-state index contributed by atoms with van der Waals surface area (Å²) in [6.45, 7) is 2.40. The third-order valence-corrected chi connectivity index (χ3v) is 2.67. The summed E-state index contributed by atoms with van der Waals surface area (Å²) in [6.07, 6.45) is -0.555. The zero-order valence-electron chi connectivity index (χ0n) is 11.9. The minimum atomic E-state index is -0.555. The molecule has 0 amide bonds. The van der Waals surface area contributed by atoms with Gasteiger partial charge in [-0.3, -0.25) is 0 Å². The molecule has 0 saturated heterocycles. The molecule has 0 aliphatic heterocycles. The van der Waals surface area contributed by atoms with Gasteiger partial charge in [0.1, 0.15) is 0 Å². The van der Waals surface area contributed by atoms with Crippen molar-refractivity contribution < 1.29 is 5.11 Å². The summed E-state index contributed by atoms with van der Waals surface area (Å²) >= 11 is 0. The Bertz CT molecular complexity index is 386. The third-order valence-electron chi connectivity index (χ3n) is 2.67. The van der Waals surface area contributed by atoms with Gasteiger partial charge in [-0.2, -0.15) is 0 Å². The first-order chi connectivity index (χ1) is 8.41. The van der Waals surface area contributed by atoms with Gasteiger partial charge >= 0.3 is 0 Å². The van der Waals surface area contributed by atoms with Crippen LogP contribution in [0.3, 0.4) is 0 Å². The third kappa shape index (κ3) is 4.04. The van der Waals surface area contributed by atoms with Gasteiger partial charge in [-0.15, -0.1) is 0 Å². The summed E-state index contributed by atoms with van der Waals surface area (Å²) in [5.41, 5.74) is 2.10. The van der Waals surface area contributed by atoms with E-state index < -0.39 is 6.10 Å². The van der Waals surface area contributed by atoms with E-state index in [1.807, 2.05) is 69.2 Å². The molecule has 100 valence electrons. The van der Waals surface area contributed by atoms with Crippen LogP contribution in [0.4, 0.5) is 0 Å². The molecule has 1 N–H and O–H groups in total. The van der Waals surface area contributed by atoms with Crippen molar-refractivity contribution in [3.63, 3.8) is 0 Å². The molecular weight excluding hydrogens is 226 g/mol. The number of rotatable bonds is 3. The van der Waals surface area contributed by atoms with Crippen LogP contribution in [-0.2, 0) is 0 Å². The Kier molecular flexibility index (Phi) is 5.16. The molecule has 1 rings (SSSR count). The normalized spacial score (nSPS) is 11.9. The molecule has 0 aliphatic rings. The minimum Gasteiger partial charge on any atom is -0.386 e. The summed E-state index contributed by atoms with van der Waals surface area (Å²) in [4.78, 5) is 8.30. The number of guanidine groups is 1. The van der Waals surface area contributed by atoms with Gasteiger partial charge in [-0.25, -0.2) is 4.99 Å². The fraction of sp³-hybridized carbons (Fsp3) is 0.500. The average molecular weight is 249 g/mol. The largest absolute Gasteiger partial charge is 0.386 e. The predicted octanol–water partition coefficient (Wildman–Crippen LogP) is 1.51. The maximum atomic E-state index is 10.1. The summed E-state index contributed by atoms with van der Waals surface area (Å²) in [7, 11) is 7.77. The van der Waals surface area contributed by atoms with Crippen molar-refractivity contribution in [1.82, 2.24) is 9.80 Å². The standard InChI is InChI=1S/C14H23N3O/c1-11-6-8-12(9-7-11)13(18)10-15-14(16(2)3)17(4)5/h6-9,13,18H,10H2,1-5H3. The van der Waals surface area contributed by atoms with Crippen LogP contribution in [0, 0.1) is 6.92 Å². The second-order valence-electron chi connectivity index (χ2n) is 4.86. The molecule has 1 unspecified atom stereocenters. The Morgan fingerprint density at radius 2 is 1.61 bits per heavy atom. The van der Waals surface area contributed by atoms with Crippen LogP contribution < -0.4 is 0 Å². The fourth-order valence-electron chi connectivity index (χ4n) is 1.74. The van der Waals surface area contributed by atoms with E-state index in [1.165, 1.54) is 5.56 Å². The molecule has 4 heteroatoms. The molecule has 0 fully saturated rings. The number of aliphatic hydroxyl groups excluding tert-OH is 1. The van der Waals surface area contributed by atoms with E-state index >= 15 is 0 Å². The number of aryl methyl sites for hydroxylation is 1. The predicted molar refractivity (Wildman–Crippen MR) is 75.8 cm³/mol. The lowest BCUT2D eigenvalue weighted by Crippen LogP contribution is -2.35. The second kappa shape index (κ2) is 6.40. The summed E-state index contributed by atoms with van der Waals surface area (Å²) < 4.78 is 0. The fourth-order valence-corrected chi connectivity index (χ4v) is 1.74. The average Bonchev–Trinajstić information content (AvgIpc) is 2.28. The number of aliphatic imine (C=N–C) groups is 1. The Morgan fingerprint density at radius 3 is 2.06 bits per heavy atom. The molecular formula is C14H23N3O. The van der Waals surface area contributed by atoms with E-state index in [0.717, 1.165) is 11.5 Å². The Labute approximate surface area is 110 Å². The van der Waals surface area contributed by atoms with Gasteiger partial charge in [0.25, 0.3) is 0 Å². The molecule has 1 atom stereocenters. The highest BCUT2D eigenvalue weighted by Gasteiger charge is 2.09. The van der Waals surface area contributed by atoms with Crippen LogP contribution in [0.2, 0.25) is 0 Å². The lowest BCUT2D eigenvalue weighted by Gasteiger charge is -2.23. The van der Waals surface area contributed by atoms with Crippen LogP contribution in [0.15, 0.2) is 29.3 Å². The molecule has 0 spiro atoms. The van der Waals surface area contributed by atoms with Crippen LogP contribution in [0.25, 0.3) is 0 Å². The van der Waals surface area contributed by atoms with Crippen molar-refractivity contribution in [3.8, 4) is 0 Å². The second-order valence-corrected chi connectivity index (χ2v) is 4.86. The number of aliphatic hydroxyl groups is 1. The molecule has 0 radical (unpaired) electrons. The van der Waals surface area contributed by atoms with Crippen LogP contribution in [-0.4, -0.2) is 55.6 Å². The quantitative estimate of drug-likeness (QED) is 0.652. The van der Waals surface area contributed by atoms with E-state index in [2.05, 4.69) is 4.99 Å². The van der Waals surface area contributed by atoms with E-state index in [9.17, 15) is 5.11 Å². The summed E-state index contributed by atoms with van der Waals surface area (Å²) in [5, 5.41) is 10.1. The summed E-state index contributed by atoms with van der Waals surface area (Å²) in [6, 6.07) is 7.89. The Hall–Kier alpha value is -1.55. The molecule has 0 aromatic heterocycles. The topological polar surface area (TPSA) is 39.1 Å². The summed E-state index contributed by atoms with van der Waals surface area (Å²) in [5.74, 6) is 0.848. The number of hydrogen-bond acceptors (Lipinski definition) is 2. The van der Waals surface area contributed by atoms with Gasteiger partial charge in [0, 0.05) is 28.2 Å². The highest BCUT2D eigenvalue weighted by Crippen LogP contribution is 2.14. The first-order valence-electron chi connectivity index (χ1n) is 6.05. The molecule has 18 heavy (non-hydrogen) atoms. The number of hydrogen-bond donors (Lipinski definition) is 1. The van der Waals surface area contributed by atoms with Crippen molar-refractivity contribution >= 4 is 5.96 Å². The van der Waals surface area contributed by atoms with E-state index in [1.54, 1.807) is 0 Å². The minimum absolute atomic E-state index is 0.370.